The number of amides is 1. The van der Waals surface area contributed by atoms with Crippen molar-refractivity contribution < 1.29 is 17.9 Å². The van der Waals surface area contributed by atoms with Gasteiger partial charge < -0.3 is 14.5 Å². The molecule has 3 rings (SSSR count). The molecule has 1 aliphatic rings. The fraction of sp³-hybridized carbons (Fsp3) is 0.435. The number of nitrogens with zero attached hydrogens (tertiary/aromatic N) is 2. The van der Waals surface area contributed by atoms with Gasteiger partial charge in [-0.1, -0.05) is 24.6 Å². The maximum Gasteiger partial charge on any atom is 0.260 e. The van der Waals surface area contributed by atoms with Crippen LogP contribution in [0.4, 0.5) is 5.69 Å². The number of ether oxygens (including phenoxy) is 1. The minimum atomic E-state index is -3.56. The predicted octanol–water partition coefficient (Wildman–Crippen LogP) is 3.45. The second-order valence-corrected chi connectivity index (χ2v) is 10.1. The van der Waals surface area contributed by atoms with Gasteiger partial charge in [-0.3, -0.25) is 4.79 Å². The van der Waals surface area contributed by atoms with E-state index in [-0.39, 0.29) is 23.5 Å². The summed E-state index contributed by atoms with van der Waals surface area (Å²) < 4.78 is 32.9. The molecule has 1 N–H and O–H groups in total. The lowest BCUT2D eigenvalue weighted by atomic mass is 10.1. The molecule has 1 atom stereocenters. The Morgan fingerprint density at radius 1 is 1.12 bits per heavy atom. The van der Waals surface area contributed by atoms with Gasteiger partial charge in [-0.25, -0.2) is 13.1 Å². The molecule has 0 aliphatic carbocycles. The topological polar surface area (TPSA) is 78.9 Å². The molecular formula is C23H30ClN3O4S. The van der Waals surface area contributed by atoms with Crippen LogP contribution >= 0.6 is 11.6 Å². The van der Waals surface area contributed by atoms with Crippen molar-refractivity contribution in [1.82, 2.24) is 9.62 Å². The lowest BCUT2D eigenvalue weighted by Gasteiger charge is -2.36. The standard InChI is InChI=1S/C23H30ClN3O4S/c1-4-18(3)25-32(29,30)21-9-7-20(8-10-21)31-16-23(28)27-13-11-26(12-14-27)22-15-19(24)6-5-17(22)2/h5-10,15,18,25H,4,11-14,16H2,1-3H3/t18-/m1/s1. The number of halogens is 1. The Morgan fingerprint density at radius 3 is 2.41 bits per heavy atom. The predicted molar refractivity (Wildman–Crippen MR) is 127 cm³/mol. The number of nitrogens with one attached hydrogen (secondary N) is 1. The summed E-state index contributed by atoms with van der Waals surface area (Å²) in [5.74, 6) is 0.358. The van der Waals surface area contributed by atoms with Gasteiger partial charge in [0.05, 0.1) is 4.90 Å². The molecule has 1 saturated heterocycles. The summed E-state index contributed by atoms with van der Waals surface area (Å²) >= 11 is 6.13. The lowest BCUT2D eigenvalue weighted by molar-refractivity contribution is -0.133. The van der Waals surface area contributed by atoms with E-state index >= 15 is 0 Å². The first-order valence-electron chi connectivity index (χ1n) is 10.7. The fourth-order valence-corrected chi connectivity index (χ4v) is 4.98. The SMILES string of the molecule is CC[C@@H](C)NS(=O)(=O)c1ccc(OCC(=O)N2CCN(c3cc(Cl)ccc3C)CC2)cc1. The van der Waals surface area contributed by atoms with Crippen molar-refractivity contribution in [3.63, 3.8) is 0 Å². The molecule has 7 nitrogen and oxygen atoms in total. The van der Waals surface area contributed by atoms with Gasteiger partial charge in [0.15, 0.2) is 6.61 Å². The number of sulfonamides is 1. The van der Waals surface area contributed by atoms with Crippen LogP contribution in [0.15, 0.2) is 47.4 Å². The number of carbonyl (C=O) groups excluding carboxylic acids is 1. The summed E-state index contributed by atoms with van der Waals surface area (Å²) in [6.45, 7) is 8.35. The highest BCUT2D eigenvalue weighted by molar-refractivity contribution is 7.89. The molecule has 9 heteroatoms. The molecular weight excluding hydrogens is 450 g/mol. The first-order chi connectivity index (χ1) is 15.2. The van der Waals surface area contributed by atoms with Crippen LogP contribution in [-0.2, 0) is 14.8 Å². The lowest BCUT2D eigenvalue weighted by Crippen LogP contribution is -2.50. The summed E-state index contributed by atoms with van der Waals surface area (Å²) in [5.41, 5.74) is 2.25. The smallest absolute Gasteiger partial charge is 0.260 e. The molecule has 1 amide bonds. The van der Waals surface area contributed by atoms with E-state index < -0.39 is 10.0 Å². The van der Waals surface area contributed by atoms with Gasteiger partial charge in [0.25, 0.3) is 5.91 Å². The van der Waals surface area contributed by atoms with Crippen molar-refractivity contribution in [2.75, 3.05) is 37.7 Å². The second-order valence-electron chi connectivity index (χ2n) is 7.99. The number of piperazine rings is 1. The number of hydrogen-bond donors (Lipinski definition) is 1. The third-order valence-electron chi connectivity index (χ3n) is 5.61. The van der Waals surface area contributed by atoms with Gasteiger partial charge >= 0.3 is 0 Å². The summed E-state index contributed by atoms with van der Waals surface area (Å²) in [5, 5.41) is 0.701. The zero-order valence-electron chi connectivity index (χ0n) is 18.7. The van der Waals surface area contributed by atoms with E-state index in [0.29, 0.717) is 30.3 Å². The second kappa shape index (κ2) is 10.6. The van der Waals surface area contributed by atoms with E-state index in [1.165, 1.54) is 12.1 Å². The van der Waals surface area contributed by atoms with Gasteiger partial charge in [0.1, 0.15) is 5.75 Å². The Labute approximate surface area is 195 Å². The Bertz CT molecular complexity index is 1040. The van der Waals surface area contributed by atoms with Gasteiger partial charge in [-0.05, 0) is 62.2 Å². The van der Waals surface area contributed by atoms with Crippen LogP contribution in [0.1, 0.15) is 25.8 Å². The molecule has 1 fully saturated rings. The average Bonchev–Trinajstić information content (AvgIpc) is 2.79. The quantitative estimate of drug-likeness (QED) is 0.627. The molecule has 1 aliphatic heterocycles. The molecule has 174 valence electrons. The maximum absolute atomic E-state index is 12.6. The van der Waals surface area contributed by atoms with Gasteiger partial charge in [0, 0.05) is 42.9 Å². The number of anilines is 1. The average molecular weight is 480 g/mol. The molecule has 0 aromatic heterocycles. The van der Waals surface area contributed by atoms with Crippen molar-refractivity contribution in [3.05, 3.63) is 53.1 Å². The van der Waals surface area contributed by atoms with Gasteiger partial charge in [0.2, 0.25) is 10.0 Å². The first kappa shape index (κ1) is 24.4. The van der Waals surface area contributed by atoms with Crippen LogP contribution in [0.2, 0.25) is 5.02 Å². The van der Waals surface area contributed by atoms with E-state index in [4.69, 9.17) is 16.3 Å². The molecule has 2 aromatic carbocycles. The van der Waals surface area contributed by atoms with Crippen molar-refractivity contribution in [3.8, 4) is 5.75 Å². The summed E-state index contributed by atoms with van der Waals surface area (Å²) in [6, 6.07) is 11.8. The zero-order chi connectivity index (χ0) is 23.3. The van der Waals surface area contributed by atoms with E-state index in [9.17, 15) is 13.2 Å². The Balaban J connectivity index is 1.50. The van der Waals surface area contributed by atoms with Crippen LogP contribution < -0.4 is 14.4 Å². The molecule has 1 heterocycles. The highest BCUT2D eigenvalue weighted by Gasteiger charge is 2.23. The van der Waals surface area contributed by atoms with E-state index in [1.54, 1.807) is 17.0 Å². The molecule has 0 saturated carbocycles. The van der Waals surface area contributed by atoms with Crippen LogP contribution in [0.3, 0.4) is 0 Å². The molecule has 0 spiro atoms. The summed E-state index contributed by atoms with van der Waals surface area (Å²) in [7, 11) is -3.56. The number of hydrogen-bond acceptors (Lipinski definition) is 5. The normalized spacial score (nSPS) is 15.5. The van der Waals surface area contributed by atoms with Crippen LogP contribution in [0, 0.1) is 6.92 Å². The molecule has 2 aromatic rings. The minimum Gasteiger partial charge on any atom is -0.484 e. The molecule has 32 heavy (non-hydrogen) atoms. The Hall–Kier alpha value is -2.29. The van der Waals surface area contributed by atoms with E-state index in [2.05, 4.69) is 9.62 Å². The van der Waals surface area contributed by atoms with Crippen molar-refractivity contribution in [2.45, 2.75) is 38.1 Å². The highest BCUT2D eigenvalue weighted by Crippen LogP contribution is 2.25. The first-order valence-corrected chi connectivity index (χ1v) is 12.6. The van der Waals surface area contributed by atoms with E-state index in [0.717, 1.165) is 24.3 Å². The number of aryl methyl sites for hydroxylation is 1. The van der Waals surface area contributed by atoms with Crippen molar-refractivity contribution in [2.24, 2.45) is 0 Å². The third kappa shape index (κ3) is 6.15. The number of rotatable bonds is 8. The molecule has 0 radical (unpaired) electrons. The zero-order valence-corrected chi connectivity index (χ0v) is 20.2. The number of benzene rings is 2. The summed E-state index contributed by atoms with van der Waals surface area (Å²) in [6.07, 6.45) is 0.704. The fourth-order valence-electron chi connectivity index (χ4n) is 3.49. The van der Waals surface area contributed by atoms with Crippen LogP contribution in [-0.4, -0.2) is 58.1 Å². The monoisotopic (exact) mass is 479 g/mol. The number of carbonyl (C=O) groups is 1. The van der Waals surface area contributed by atoms with E-state index in [1.807, 2.05) is 39.0 Å². The highest BCUT2D eigenvalue weighted by atomic mass is 35.5. The van der Waals surface area contributed by atoms with Gasteiger partial charge in [-0.2, -0.15) is 0 Å². The van der Waals surface area contributed by atoms with Crippen molar-refractivity contribution >= 4 is 33.2 Å². The Morgan fingerprint density at radius 2 is 1.78 bits per heavy atom. The minimum absolute atomic E-state index is 0.0899. The third-order valence-corrected chi connectivity index (χ3v) is 7.45. The molecule has 0 bridgehead atoms. The largest absolute Gasteiger partial charge is 0.484 e. The van der Waals surface area contributed by atoms with Crippen molar-refractivity contribution in [1.29, 1.82) is 0 Å². The Kier molecular flexibility index (Phi) is 8.03. The maximum atomic E-state index is 12.6. The summed E-state index contributed by atoms with van der Waals surface area (Å²) in [4.78, 5) is 16.8. The van der Waals surface area contributed by atoms with Crippen LogP contribution in [0.25, 0.3) is 0 Å². The van der Waals surface area contributed by atoms with Gasteiger partial charge in [-0.15, -0.1) is 0 Å². The van der Waals surface area contributed by atoms with Crippen LogP contribution in [0.5, 0.6) is 5.75 Å². The molecule has 0 unspecified atom stereocenters.